The lowest BCUT2D eigenvalue weighted by Crippen LogP contribution is -2.27. The van der Waals surface area contributed by atoms with E-state index in [9.17, 15) is 0 Å². The SMILES string of the molecule is CCCC(=N)n1cccnc1=N. The number of aromatic nitrogens is 2. The van der Waals surface area contributed by atoms with Crippen LogP contribution >= 0.6 is 0 Å². The van der Waals surface area contributed by atoms with E-state index >= 15 is 0 Å². The highest BCUT2D eigenvalue weighted by Crippen LogP contribution is 1.90. The van der Waals surface area contributed by atoms with Crippen molar-refractivity contribution in [2.75, 3.05) is 0 Å². The van der Waals surface area contributed by atoms with Crippen LogP contribution in [-0.4, -0.2) is 15.4 Å². The summed E-state index contributed by atoms with van der Waals surface area (Å²) >= 11 is 0. The molecule has 1 rings (SSSR count). The van der Waals surface area contributed by atoms with Crippen molar-refractivity contribution in [2.24, 2.45) is 0 Å². The Bertz CT molecular complexity index is 326. The Hall–Kier alpha value is -1.45. The topological polar surface area (TPSA) is 65.5 Å². The number of hydrogen-bond donors (Lipinski definition) is 2. The molecule has 0 fully saturated rings. The molecule has 1 heterocycles. The maximum absolute atomic E-state index is 7.57. The molecule has 0 bridgehead atoms. The van der Waals surface area contributed by atoms with E-state index in [1.165, 1.54) is 4.57 Å². The van der Waals surface area contributed by atoms with Crippen LogP contribution in [0.3, 0.4) is 0 Å². The molecule has 0 saturated carbocycles. The minimum Gasteiger partial charge on any atom is -0.288 e. The fourth-order valence-electron chi connectivity index (χ4n) is 0.946. The number of nitrogens with one attached hydrogen (secondary N) is 2. The van der Waals surface area contributed by atoms with Crippen molar-refractivity contribution in [1.82, 2.24) is 9.55 Å². The normalized spacial score (nSPS) is 9.75. The summed E-state index contributed by atoms with van der Waals surface area (Å²) in [5, 5.41) is 15.0. The summed E-state index contributed by atoms with van der Waals surface area (Å²) < 4.78 is 1.48. The molecule has 64 valence electrons. The van der Waals surface area contributed by atoms with Crippen LogP contribution in [0.15, 0.2) is 18.5 Å². The van der Waals surface area contributed by atoms with Crippen molar-refractivity contribution in [1.29, 1.82) is 10.8 Å². The summed E-state index contributed by atoms with van der Waals surface area (Å²) in [5.74, 6) is 0.426. The molecule has 0 unspecified atom stereocenters. The lowest BCUT2D eigenvalue weighted by atomic mass is 10.3. The van der Waals surface area contributed by atoms with Gasteiger partial charge in [-0.05, 0) is 12.5 Å². The molecule has 0 spiro atoms. The van der Waals surface area contributed by atoms with Crippen molar-refractivity contribution < 1.29 is 0 Å². The first kappa shape index (κ1) is 8.64. The summed E-state index contributed by atoms with van der Waals surface area (Å²) in [4.78, 5) is 3.77. The average molecular weight is 164 g/mol. The van der Waals surface area contributed by atoms with E-state index in [-0.39, 0.29) is 5.62 Å². The maximum Gasteiger partial charge on any atom is 0.227 e. The second kappa shape index (κ2) is 3.80. The fourth-order valence-corrected chi connectivity index (χ4v) is 0.946. The molecule has 1 aromatic rings. The quantitative estimate of drug-likeness (QED) is 0.496. The Labute approximate surface area is 70.9 Å². The summed E-state index contributed by atoms with van der Waals surface area (Å²) in [6.45, 7) is 2.01. The first-order valence-corrected chi connectivity index (χ1v) is 3.91. The van der Waals surface area contributed by atoms with Crippen molar-refractivity contribution in [3.63, 3.8) is 0 Å². The van der Waals surface area contributed by atoms with Crippen LogP contribution in [0.5, 0.6) is 0 Å². The van der Waals surface area contributed by atoms with Gasteiger partial charge in [0.15, 0.2) is 0 Å². The van der Waals surface area contributed by atoms with Gasteiger partial charge in [0.05, 0.1) is 0 Å². The first-order chi connectivity index (χ1) is 5.75. The summed E-state index contributed by atoms with van der Waals surface area (Å²) in [6, 6.07) is 1.72. The molecule has 4 heteroatoms. The predicted molar refractivity (Wildman–Crippen MR) is 46.1 cm³/mol. The van der Waals surface area contributed by atoms with Gasteiger partial charge >= 0.3 is 0 Å². The Morgan fingerprint density at radius 3 is 3.00 bits per heavy atom. The van der Waals surface area contributed by atoms with Crippen molar-refractivity contribution in [3.05, 3.63) is 24.1 Å². The molecule has 1 aromatic heterocycles. The van der Waals surface area contributed by atoms with Crippen LogP contribution in [0.1, 0.15) is 19.8 Å². The van der Waals surface area contributed by atoms with Gasteiger partial charge in [0.1, 0.15) is 5.84 Å². The highest BCUT2D eigenvalue weighted by molar-refractivity contribution is 5.80. The van der Waals surface area contributed by atoms with Gasteiger partial charge in [-0.25, -0.2) is 4.98 Å². The Morgan fingerprint density at radius 2 is 2.42 bits per heavy atom. The minimum atomic E-state index is 0.121. The largest absolute Gasteiger partial charge is 0.288 e. The van der Waals surface area contributed by atoms with Crippen LogP contribution in [0.4, 0.5) is 0 Å². The number of rotatable bonds is 2. The molecule has 4 nitrogen and oxygen atoms in total. The second-order valence-electron chi connectivity index (χ2n) is 2.51. The van der Waals surface area contributed by atoms with E-state index in [0.717, 1.165) is 6.42 Å². The van der Waals surface area contributed by atoms with Crippen LogP contribution < -0.4 is 5.62 Å². The van der Waals surface area contributed by atoms with E-state index < -0.39 is 0 Å². The van der Waals surface area contributed by atoms with E-state index in [1.807, 2.05) is 6.92 Å². The zero-order valence-electron chi connectivity index (χ0n) is 7.04. The molecule has 0 atom stereocenters. The second-order valence-corrected chi connectivity index (χ2v) is 2.51. The molecule has 0 radical (unpaired) electrons. The molecule has 0 aromatic carbocycles. The van der Waals surface area contributed by atoms with Crippen molar-refractivity contribution >= 4 is 5.84 Å². The molecular formula is C8H12N4. The van der Waals surface area contributed by atoms with Crippen molar-refractivity contribution in [2.45, 2.75) is 19.8 Å². The Morgan fingerprint density at radius 1 is 1.67 bits per heavy atom. The third-order valence-electron chi connectivity index (χ3n) is 1.52. The zero-order valence-corrected chi connectivity index (χ0v) is 7.04. The minimum absolute atomic E-state index is 0.121. The van der Waals surface area contributed by atoms with E-state index in [4.69, 9.17) is 10.8 Å². The Balaban J connectivity index is 2.95. The summed E-state index contributed by atoms with van der Waals surface area (Å²) in [6.07, 6.45) is 4.84. The molecule has 0 aliphatic heterocycles. The van der Waals surface area contributed by atoms with Crippen LogP contribution in [0, 0.1) is 10.8 Å². The third-order valence-corrected chi connectivity index (χ3v) is 1.52. The van der Waals surface area contributed by atoms with Gasteiger partial charge in [-0.1, -0.05) is 6.92 Å². The van der Waals surface area contributed by atoms with Crippen LogP contribution in [-0.2, 0) is 0 Å². The monoisotopic (exact) mass is 164 g/mol. The maximum atomic E-state index is 7.57. The van der Waals surface area contributed by atoms with Crippen molar-refractivity contribution in [3.8, 4) is 0 Å². The van der Waals surface area contributed by atoms with E-state index in [0.29, 0.717) is 12.3 Å². The molecule has 2 N–H and O–H groups in total. The van der Waals surface area contributed by atoms with Gasteiger partial charge in [-0.3, -0.25) is 15.4 Å². The van der Waals surface area contributed by atoms with Gasteiger partial charge in [0, 0.05) is 18.8 Å². The molecule has 0 aliphatic rings. The van der Waals surface area contributed by atoms with Gasteiger partial charge in [0.2, 0.25) is 5.62 Å². The summed E-state index contributed by atoms with van der Waals surface area (Å²) in [5.41, 5.74) is 0.121. The average Bonchev–Trinajstić information content (AvgIpc) is 2.05. The highest BCUT2D eigenvalue weighted by atomic mass is 15.1. The number of hydrogen-bond acceptors (Lipinski definition) is 3. The van der Waals surface area contributed by atoms with E-state index in [1.54, 1.807) is 18.5 Å². The van der Waals surface area contributed by atoms with Crippen LogP contribution in [0.25, 0.3) is 0 Å². The van der Waals surface area contributed by atoms with Crippen LogP contribution in [0.2, 0.25) is 0 Å². The van der Waals surface area contributed by atoms with Gasteiger partial charge in [-0.2, -0.15) is 0 Å². The third kappa shape index (κ3) is 1.78. The lowest BCUT2D eigenvalue weighted by molar-refractivity contribution is 0.835. The predicted octanol–water partition coefficient (Wildman–Crippen LogP) is 0.988. The van der Waals surface area contributed by atoms with E-state index in [2.05, 4.69) is 4.98 Å². The van der Waals surface area contributed by atoms with Gasteiger partial charge < -0.3 is 0 Å². The first-order valence-electron chi connectivity index (χ1n) is 3.91. The smallest absolute Gasteiger partial charge is 0.227 e. The molecular weight excluding hydrogens is 152 g/mol. The Kier molecular flexibility index (Phi) is 2.74. The van der Waals surface area contributed by atoms with Gasteiger partial charge in [-0.15, -0.1) is 0 Å². The summed E-state index contributed by atoms with van der Waals surface area (Å²) in [7, 11) is 0. The van der Waals surface area contributed by atoms with Gasteiger partial charge in [0.25, 0.3) is 0 Å². The lowest BCUT2D eigenvalue weighted by Gasteiger charge is -2.04. The highest BCUT2D eigenvalue weighted by Gasteiger charge is 1.97. The standard InChI is InChI=1S/C8H12N4/c1-2-4-7(9)12-6-3-5-11-8(12)10/h3,5-6,9-10H,2,4H2,1H3. The zero-order chi connectivity index (χ0) is 8.97. The molecule has 12 heavy (non-hydrogen) atoms. The molecule has 0 amide bonds. The molecule has 0 saturated heterocycles. The fraction of sp³-hybridized carbons (Fsp3) is 0.375. The number of nitrogens with zero attached hydrogens (tertiary/aromatic N) is 2. The molecule has 0 aliphatic carbocycles.